The Labute approximate surface area is 67.7 Å². The Bertz CT molecular complexity index is 283. The van der Waals surface area contributed by atoms with Crippen molar-refractivity contribution in [2.75, 3.05) is 14.1 Å². The molecule has 0 aromatic heterocycles. The third-order valence-electron chi connectivity index (χ3n) is 0.979. The van der Waals surface area contributed by atoms with Crippen LogP contribution in [0, 0.1) is 0 Å². The highest BCUT2D eigenvalue weighted by Crippen LogP contribution is 2.21. The van der Waals surface area contributed by atoms with Crippen LogP contribution in [0.2, 0.25) is 0 Å². The van der Waals surface area contributed by atoms with E-state index in [2.05, 4.69) is 0 Å². The van der Waals surface area contributed by atoms with Crippen molar-refractivity contribution in [2.24, 2.45) is 0 Å². The van der Waals surface area contributed by atoms with Gasteiger partial charge in [-0.1, -0.05) is 0 Å². The van der Waals surface area contributed by atoms with Crippen molar-refractivity contribution in [3.63, 3.8) is 0 Å². The van der Waals surface area contributed by atoms with Crippen LogP contribution in [-0.4, -0.2) is 43.1 Å². The minimum absolute atomic E-state index is 0.369. The Kier molecular flexibility index (Phi) is 2.76. The molecule has 0 rings (SSSR count). The Balaban J connectivity index is 5.01. The number of alkyl halides is 2. The van der Waals surface area contributed by atoms with E-state index in [9.17, 15) is 22.0 Å². The number of nitrogens with zero attached hydrogens (tertiary/aromatic N) is 1. The molecule has 0 spiro atoms. The molecule has 0 radical (unpaired) electrons. The van der Waals surface area contributed by atoms with Crippen LogP contribution in [-0.2, 0) is 14.9 Å². The molecular formula is C4H7F2NO4S. The maximum atomic E-state index is 12.3. The highest BCUT2D eigenvalue weighted by Gasteiger charge is 2.53. The van der Waals surface area contributed by atoms with Gasteiger partial charge >= 0.3 is 21.3 Å². The highest BCUT2D eigenvalue weighted by molar-refractivity contribution is 7.87. The Hall–Kier alpha value is -0.760. The predicted molar refractivity (Wildman–Crippen MR) is 35.2 cm³/mol. The lowest BCUT2D eigenvalue weighted by Gasteiger charge is -2.16. The summed E-state index contributed by atoms with van der Waals surface area (Å²) in [6, 6.07) is 0. The molecule has 72 valence electrons. The zero-order valence-corrected chi connectivity index (χ0v) is 7.10. The molecule has 0 aliphatic carbocycles. The van der Waals surface area contributed by atoms with Gasteiger partial charge in [-0.3, -0.25) is 9.35 Å². The first kappa shape index (κ1) is 11.2. The number of amides is 1. The average Bonchev–Trinajstić information content (AvgIpc) is 1.83. The van der Waals surface area contributed by atoms with Gasteiger partial charge in [0.05, 0.1) is 0 Å². The first-order valence-electron chi connectivity index (χ1n) is 2.67. The van der Waals surface area contributed by atoms with Gasteiger partial charge in [-0.2, -0.15) is 17.2 Å². The number of carbonyl (C=O) groups excluding carboxylic acids is 1. The summed E-state index contributed by atoms with van der Waals surface area (Å²) in [4.78, 5) is 10.8. The minimum atomic E-state index is -5.67. The van der Waals surface area contributed by atoms with Crippen molar-refractivity contribution in [1.29, 1.82) is 0 Å². The lowest BCUT2D eigenvalue weighted by molar-refractivity contribution is -0.144. The van der Waals surface area contributed by atoms with Crippen LogP contribution in [0.4, 0.5) is 8.78 Å². The predicted octanol–water partition coefficient (Wildman–Crippen LogP) is -0.445. The SMILES string of the molecule is CN(C)C(=O)C(F)(F)S(=O)(=O)O. The normalized spacial score (nSPS) is 12.8. The van der Waals surface area contributed by atoms with E-state index in [1.54, 1.807) is 0 Å². The van der Waals surface area contributed by atoms with Crippen molar-refractivity contribution in [3.8, 4) is 0 Å². The molecule has 0 aromatic carbocycles. The van der Waals surface area contributed by atoms with E-state index >= 15 is 0 Å². The Morgan fingerprint density at radius 2 is 1.75 bits per heavy atom. The molecule has 0 aliphatic heterocycles. The fourth-order valence-electron chi connectivity index (χ4n) is 0.371. The second kappa shape index (κ2) is 2.94. The van der Waals surface area contributed by atoms with E-state index in [0.29, 0.717) is 4.90 Å². The van der Waals surface area contributed by atoms with Crippen molar-refractivity contribution >= 4 is 16.0 Å². The molecule has 5 nitrogen and oxygen atoms in total. The lowest BCUT2D eigenvalue weighted by atomic mass is 10.6. The first-order chi connectivity index (χ1) is 5.10. The van der Waals surface area contributed by atoms with Gasteiger partial charge in [-0.25, -0.2) is 0 Å². The minimum Gasteiger partial charge on any atom is -0.343 e. The van der Waals surface area contributed by atoms with Crippen molar-refractivity contribution in [3.05, 3.63) is 0 Å². The van der Waals surface area contributed by atoms with Gasteiger partial charge < -0.3 is 4.90 Å². The van der Waals surface area contributed by atoms with Gasteiger partial charge in [0.15, 0.2) is 0 Å². The van der Waals surface area contributed by atoms with E-state index in [4.69, 9.17) is 4.55 Å². The highest BCUT2D eigenvalue weighted by atomic mass is 32.2. The van der Waals surface area contributed by atoms with Crippen LogP contribution < -0.4 is 0 Å². The second-order valence-electron chi connectivity index (χ2n) is 2.19. The number of rotatable bonds is 2. The standard InChI is InChI=1S/C4H7F2NO4S/c1-7(2)3(8)4(5,6)12(9,10)11/h1-2H3,(H,9,10,11). The van der Waals surface area contributed by atoms with Crippen molar-refractivity contribution < 1.29 is 26.5 Å². The van der Waals surface area contributed by atoms with E-state index in [1.807, 2.05) is 0 Å². The molecule has 0 aromatic rings. The van der Waals surface area contributed by atoms with Crippen LogP contribution >= 0.6 is 0 Å². The lowest BCUT2D eigenvalue weighted by Crippen LogP contribution is -2.44. The first-order valence-corrected chi connectivity index (χ1v) is 4.11. The number of carbonyl (C=O) groups is 1. The summed E-state index contributed by atoms with van der Waals surface area (Å²) in [6.07, 6.45) is 0. The van der Waals surface area contributed by atoms with Gasteiger partial charge in [0.1, 0.15) is 0 Å². The molecule has 12 heavy (non-hydrogen) atoms. The van der Waals surface area contributed by atoms with Crippen molar-refractivity contribution in [2.45, 2.75) is 5.25 Å². The summed E-state index contributed by atoms with van der Waals surface area (Å²) in [5.74, 6) is -1.98. The second-order valence-corrected chi connectivity index (χ2v) is 3.65. The summed E-state index contributed by atoms with van der Waals surface area (Å²) in [5.41, 5.74) is 0. The third-order valence-corrected chi connectivity index (χ3v) is 1.80. The molecule has 0 aliphatic rings. The molecule has 8 heteroatoms. The van der Waals surface area contributed by atoms with Gasteiger partial charge in [-0.15, -0.1) is 0 Å². The Morgan fingerprint density at radius 3 is 1.83 bits per heavy atom. The summed E-state index contributed by atoms with van der Waals surface area (Å²) < 4.78 is 52.5. The molecule has 0 saturated carbocycles. The number of hydrogen-bond acceptors (Lipinski definition) is 3. The zero-order valence-electron chi connectivity index (χ0n) is 6.28. The van der Waals surface area contributed by atoms with E-state index in [1.165, 1.54) is 0 Å². The smallest absolute Gasteiger partial charge is 0.343 e. The maximum absolute atomic E-state index is 12.3. The fourth-order valence-corrected chi connectivity index (χ4v) is 0.774. The molecule has 1 amide bonds. The number of hydrogen-bond donors (Lipinski definition) is 1. The van der Waals surface area contributed by atoms with Gasteiger partial charge in [0, 0.05) is 14.1 Å². The van der Waals surface area contributed by atoms with Crippen LogP contribution in [0.3, 0.4) is 0 Å². The quantitative estimate of drug-likeness (QED) is 0.617. The van der Waals surface area contributed by atoms with E-state index < -0.39 is 21.3 Å². The summed E-state index contributed by atoms with van der Waals surface area (Å²) in [6.45, 7) is 0. The topological polar surface area (TPSA) is 74.7 Å². The summed E-state index contributed by atoms with van der Waals surface area (Å²) >= 11 is 0. The molecule has 0 unspecified atom stereocenters. The van der Waals surface area contributed by atoms with Gasteiger partial charge in [0.2, 0.25) is 0 Å². The van der Waals surface area contributed by atoms with Crippen LogP contribution in [0.5, 0.6) is 0 Å². The maximum Gasteiger partial charge on any atom is 0.446 e. The van der Waals surface area contributed by atoms with Crippen LogP contribution in [0.15, 0.2) is 0 Å². The van der Waals surface area contributed by atoms with E-state index in [0.717, 1.165) is 14.1 Å². The molecule has 0 saturated heterocycles. The molecule has 1 N–H and O–H groups in total. The zero-order chi connectivity index (χ0) is 10.2. The largest absolute Gasteiger partial charge is 0.446 e. The molecular weight excluding hydrogens is 196 g/mol. The average molecular weight is 203 g/mol. The summed E-state index contributed by atoms with van der Waals surface area (Å²) in [5, 5.41) is -4.77. The fraction of sp³-hybridized carbons (Fsp3) is 0.750. The van der Waals surface area contributed by atoms with Gasteiger partial charge in [0.25, 0.3) is 0 Å². The van der Waals surface area contributed by atoms with Crippen LogP contribution in [0.25, 0.3) is 0 Å². The molecule has 0 bridgehead atoms. The molecule has 0 heterocycles. The summed E-state index contributed by atoms with van der Waals surface area (Å²) in [7, 11) is -3.78. The Morgan fingerprint density at radius 1 is 1.42 bits per heavy atom. The monoisotopic (exact) mass is 203 g/mol. The third kappa shape index (κ3) is 1.89. The molecule has 0 atom stereocenters. The van der Waals surface area contributed by atoms with Gasteiger partial charge in [-0.05, 0) is 0 Å². The number of halogens is 2. The van der Waals surface area contributed by atoms with E-state index in [-0.39, 0.29) is 0 Å². The van der Waals surface area contributed by atoms with Crippen molar-refractivity contribution in [1.82, 2.24) is 4.90 Å². The molecule has 0 fully saturated rings. The van der Waals surface area contributed by atoms with Crippen LogP contribution in [0.1, 0.15) is 0 Å².